The lowest BCUT2D eigenvalue weighted by atomic mass is 10.1. The molecule has 0 saturated heterocycles. The maximum absolute atomic E-state index is 6.07. The highest BCUT2D eigenvalue weighted by Crippen LogP contribution is 2.30. The summed E-state index contributed by atoms with van der Waals surface area (Å²) in [5.74, 6) is 0.783. The fraction of sp³-hybridized carbons (Fsp3) is 0.538. The Morgan fingerprint density at radius 1 is 1.25 bits per heavy atom. The van der Waals surface area contributed by atoms with Crippen molar-refractivity contribution in [3.05, 3.63) is 28.3 Å². The fourth-order valence-electron chi connectivity index (χ4n) is 1.49. The molecule has 0 aliphatic rings. The molecule has 0 spiro atoms. The van der Waals surface area contributed by atoms with Gasteiger partial charge in [0.25, 0.3) is 0 Å². The van der Waals surface area contributed by atoms with Gasteiger partial charge in [-0.2, -0.15) is 0 Å². The van der Waals surface area contributed by atoms with Gasteiger partial charge in [-0.1, -0.05) is 31.5 Å². The van der Waals surface area contributed by atoms with Crippen molar-refractivity contribution in [3.63, 3.8) is 0 Å². The van der Waals surface area contributed by atoms with Crippen molar-refractivity contribution < 1.29 is 4.74 Å². The fourth-order valence-corrected chi connectivity index (χ4v) is 1.86. The molecule has 0 bridgehead atoms. The van der Waals surface area contributed by atoms with Crippen LogP contribution in [0.2, 0.25) is 5.02 Å². The lowest BCUT2D eigenvalue weighted by molar-refractivity contribution is 0.372. The van der Waals surface area contributed by atoms with Gasteiger partial charge in [-0.25, -0.2) is 0 Å². The van der Waals surface area contributed by atoms with Gasteiger partial charge in [-0.05, 0) is 32.6 Å². The average molecular weight is 244 g/mol. The largest absolute Gasteiger partial charge is 0.495 e. The summed E-state index contributed by atoms with van der Waals surface area (Å²) in [6.45, 7) is 6.87. The molecule has 1 rings (SSSR count). The van der Waals surface area contributed by atoms with E-state index in [0.717, 1.165) is 23.4 Å². The van der Waals surface area contributed by atoms with Crippen LogP contribution in [0.1, 0.15) is 25.0 Å². The average Bonchev–Trinajstić information content (AvgIpc) is 2.19. The Balaban J connectivity index is 0.00000106. The van der Waals surface area contributed by atoms with Crippen molar-refractivity contribution in [2.24, 2.45) is 0 Å². The number of methoxy groups -OCH3 is 1. The molecule has 0 aliphatic heterocycles. The van der Waals surface area contributed by atoms with Crippen LogP contribution in [-0.2, 0) is 6.54 Å². The molecular formula is C13H22ClNO. The molecule has 0 radical (unpaired) electrons. The van der Waals surface area contributed by atoms with E-state index in [1.165, 1.54) is 0 Å². The van der Waals surface area contributed by atoms with E-state index >= 15 is 0 Å². The molecule has 92 valence electrons. The second kappa shape index (κ2) is 7.53. The number of ether oxygens (including phenoxy) is 1. The minimum Gasteiger partial charge on any atom is -0.495 e. The minimum absolute atomic E-state index is 0.685. The van der Waals surface area contributed by atoms with E-state index < -0.39 is 0 Å². The van der Waals surface area contributed by atoms with Crippen LogP contribution in [0.5, 0.6) is 5.75 Å². The molecule has 2 nitrogen and oxygen atoms in total. The zero-order valence-corrected chi connectivity index (χ0v) is 11.9. The topological polar surface area (TPSA) is 12.5 Å². The number of hydrogen-bond acceptors (Lipinski definition) is 2. The van der Waals surface area contributed by atoms with E-state index in [2.05, 4.69) is 11.0 Å². The summed E-state index contributed by atoms with van der Waals surface area (Å²) in [7, 11) is 5.70. The van der Waals surface area contributed by atoms with Crippen LogP contribution in [-0.4, -0.2) is 26.1 Å². The maximum atomic E-state index is 6.07. The third-order valence-corrected chi connectivity index (χ3v) is 2.24. The Morgan fingerprint density at radius 2 is 1.81 bits per heavy atom. The number of benzene rings is 1. The monoisotopic (exact) mass is 243 g/mol. The molecule has 0 aliphatic carbocycles. The third kappa shape index (κ3) is 4.42. The number of halogens is 1. The van der Waals surface area contributed by atoms with Crippen LogP contribution in [0.15, 0.2) is 12.1 Å². The predicted octanol–water partition coefficient (Wildman–Crippen LogP) is 3.74. The van der Waals surface area contributed by atoms with Gasteiger partial charge < -0.3 is 9.64 Å². The first kappa shape index (κ1) is 15.3. The molecule has 0 fully saturated rings. The van der Waals surface area contributed by atoms with Crippen molar-refractivity contribution in [1.29, 1.82) is 0 Å². The Morgan fingerprint density at radius 3 is 2.25 bits per heavy atom. The zero-order valence-electron chi connectivity index (χ0n) is 11.1. The minimum atomic E-state index is 0.685. The molecule has 0 saturated carbocycles. The second-order valence-electron chi connectivity index (χ2n) is 3.68. The van der Waals surface area contributed by atoms with Crippen molar-refractivity contribution in [2.75, 3.05) is 21.2 Å². The summed E-state index contributed by atoms with van der Waals surface area (Å²) >= 11 is 6.07. The molecule has 0 amide bonds. The van der Waals surface area contributed by atoms with Crippen LogP contribution in [0, 0.1) is 6.92 Å². The number of aryl methyl sites for hydroxylation is 1. The molecule has 0 aromatic heterocycles. The van der Waals surface area contributed by atoms with Crippen molar-refractivity contribution in [3.8, 4) is 5.75 Å². The second-order valence-corrected chi connectivity index (χ2v) is 4.08. The number of hydrogen-bond donors (Lipinski definition) is 0. The summed E-state index contributed by atoms with van der Waals surface area (Å²) in [5.41, 5.74) is 2.29. The SMILES string of the molecule is CC.COc1c(Cl)cc(C)cc1CN(C)C. The van der Waals surface area contributed by atoms with Crippen molar-refractivity contribution in [1.82, 2.24) is 4.90 Å². The van der Waals surface area contributed by atoms with E-state index in [-0.39, 0.29) is 0 Å². The highest BCUT2D eigenvalue weighted by atomic mass is 35.5. The van der Waals surface area contributed by atoms with Crippen LogP contribution in [0.3, 0.4) is 0 Å². The van der Waals surface area contributed by atoms with Gasteiger partial charge in [-0.3, -0.25) is 0 Å². The normalized spacial score (nSPS) is 9.75. The predicted molar refractivity (Wildman–Crippen MR) is 71.5 cm³/mol. The van der Waals surface area contributed by atoms with Gasteiger partial charge in [-0.15, -0.1) is 0 Å². The van der Waals surface area contributed by atoms with E-state index in [4.69, 9.17) is 16.3 Å². The molecule has 0 atom stereocenters. The third-order valence-electron chi connectivity index (χ3n) is 1.96. The van der Waals surface area contributed by atoms with Gasteiger partial charge in [0.1, 0.15) is 5.75 Å². The van der Waals surface area contributed by atoms with Gasteiger partial charge >= 0.3 is 0 Å². The van der Waals surface area contributed by atoms with E-state index in [9.17, 15) is 0 Å². The summed E-state index contributed by atoms with van der Waals surface area (Å²) in [4.78, 5) is 2.09. The summed E-state index contributed by atoms with van der Waals surface area (Å²) < 4.78 is 5.27. The Kier molecular flexibility index (Phi) is 7.18. The molecule has 0 unspecified atom stereocenters. The Bertz CT molecular complexity index is 324. The summed E-state index contributed by atoms with van der Waals surface area (Å²) in [6.07, 6.45) is 0. The first-order chi connectivity index (χ1) is 7.54. The van der Waals surface area contributed by atoms with Crippen molar-refractivity contribution >= 4 is 11.6 Å². The smallest absolute Gasteiger partial charge is 0.141 e. The van der Waals surface area contributed by atoms with E-state index in [1.54, 1.807) is 7.11 Å². The molecule has 0 heterocycles. The van der Waals surface area contributed by atoms with Crippen LogP contribution >= 0.6 is 11.6 Å². The van der Waals surface area contributed by atoms with Gasteiger partial charge in [0.2, 0.25) is 0 Å². The van der Waals surface area contributed by atoms with Crippen molar-refractivity contribution in [2.45, 2.75) is 27.3 Å². The first-order valence-electron chi connectivity index (χ1n) is 5.52. The standard InChI is InChI=1S/C11H16ClNO.C2H6/c1-8-5-9(7-13(2)3)11(14-4)10(12)6-8;1-2/h5-6H,7H2,1-4H3;1-2H3. The van der Waals surface area contributed by atoms with Crippen LogP contribution in [0.25, 0.3) is 0 Å². The molecule has 0 N–H and O–H groups in total. The Labute approximate surface area is 104 Å². The highest BCUT2D eigenvalue weighted by molar-refractivity contribution is 6.32. The van der Waals surface area contributed by atoms with Gasteiger partial charge in [0, 0.05) is 12.1 Å². The van der Waals surface area contributed by atoms with Crippen LogP contribution < -0.4 is 4.74 Å². The van der Waals surface area contributed by atoms with E-state index in [1.807, 2.05) is 40.9 Å². The molecule has 1 aromatic carbocycles. The highest BCUT2D eigenvalue weighted by Gasteiger charge is 2.09. The number of nitrogens with zero attached hydrogens (tertiary/aromatic N) is 1. The van der Waals surface area contributed by atoms with Crippen LogP contribution in [0.4, 0.5) is 0 Å². The lowest BCUT2D eigenvalue weighted by Gasteiger charge is -2.15. The quantitative estimate of drug-likeness (QED) is 0.802. The van der Waals surface area contributed by atoms with E-state index in [0.29, 0.717) is 5.02 Å². The maximum Gasteiger partial charge on any atom is 0.141 e. The molecule has 3 heteroatoms. The van der Waals surface area contributed by atoms with Gasteiger partial charge in [0.05, 0.1) is 12.1 Å². The molecule has 1 aromatic rings. The first-order valence-corrected chi connectivity index (χ1v) is 5.90. The van der Waals surface area contributed by atoms with Gasteiger partial charge in [0.15, 0.2) is 0 Å². The molecular weight excluding hydrogens is 222 g/mol. The summed E-state index contributed by atoms with van der Waals surface area (Å²) in [5, 5.41) is 0.685. The number of rotatable bonds is 3. The summed E-state index contributed by atoms with van der Waals surface area (Å²) in [6, 6.07) is 4.02. The lowest BCUT2D eigenvalue weighted by Crippen LogP contribution is -2.11. The molecule has 16 heavy (non-hydrogen) atoms. The zero-order chi connectivity index (χ0) is 12.7. The Hall–Kier alpha value is -0.730.